The Hall–Kier alpha value is -3.87. The Morgan fingerprint density at radius 3 is 2.35 bits per heavy atom. The molecule has 1 heterocycles. The minimum Gasteiger partial charge on any atom is -0.492 e. The number of esters is 1. The summed E-state index contributed by atoms with van der Waals surface area (Å²) in [4.78, 5) is 37.6. The second kappa shape index (κ2) is 9.75. The highest BCUT2D eigenvalue weighted by Crippen LogP contribution is 2.27. The van der Waals surface area contributed by atoms with Gasteiger partial charge in [0.1, 0.15) is 11.4 Å². The van der Waals surface area contributed by atoms with Gasteiger partial charge in [-0.2, -0.15) is 0 Å². The van der Waals surface area contributed by atoms with Gasteiger partial charge in [0, 0.05) is 24.4 Å². The van der Waals surface area contributed by atoms with Crippen molar-refractivity contribution in [3.05, 3.63) is 83.7 Å². The van der Waals surface area contributed by atoms with Gasteiger partial charge in [-0.05, 0) is 32.0 Å². The summed E-state index contributed by atoms with van der Waals surface area (Å²) in [6, 6.07) is 17.2. The summed E-state index contributed by atoms with van der Waals surface area (Å²) in [6.07, 6.45) is 0.355. The zero-order chi connectivity index (χ0) is 22.4. The smallest absolute Gasteiger partial charge is 0.356 e. The fourth-order valence-corrected chi connectivity index (χ4v) is 3.08. The SMILES string of the molecule is CCOc1ccccc1NC(=O)[C@@H](OC(=O)c1cc(C(C)=O)cn1C)c1ccccc1. The van der Waals surface area contributed by atoms with Crippen LogP contribution in [0.15, 0.2) is 66.9 Å². The lowest BCUT2D eigenvalue weighted by atomic mass is 10.1. The summed E-state index contributed by atoms with van der Waals surface area (Å²) >= 11 is 0. The molecule has 7 nitrogen and oxygen atoms in total. The van der Waals surface area contributed by atoms with Gasteiger partial charge >= 0.3 is 5.97 Å². The average molecular weight is 420 g/mol. The largest absolute Gasteiger partial charge is 0.492 e. The number of ketones is 1. The molecule has 160 valence electrons. The van der Waals surface area contributed by atoms with Gasteiger partial charge in [-0.25, -0.2) is 4.79 Å². The second-order valence-electron chi connectivity index (χ2n) is 6.90. The van der Waals surface area contributed by atoms with E-state index in [2.05, 4.69) is 5.32 Å². The molecule has 1 N–H and O–H groups in total. The van der Waals surface area contributed by atoms with Crippen LogP contribution in [0.2, 0.25) is 0 Å². The normalized spacial score (nSPS) is 11.5. The average Bonchev–Trinajstić information content (AvgIpc) is 3.16. The van der Waals surface area contributed by atoms with Crippen LogP contribution in [-0.2, 0) is 16.6 Å². The summed E-state index contributed by atoms with van der Waals surface area (Å²) < 4.78 is 12.7. The first-order valence-corrected chi connectivity index (χ1v) is 9.86. The second-order valence-corrected chi connectivity index (χ2v) is 6.90. The van der Waals surface area contributed by atoms with Crippen molar-refractivity contribution in [2.75, 3.05) is 11.9 Å². The van der Waals surface area contributed by atoms with Crippen molar-refractivity contribution in [3.8, 4) is 5.75 Å². The highest BCUT2D eigenvalue weighted by Gasteiger charge is 2.28. The molecule has 31 heavy (non-hydrogen) atoms. The van der Waals surface area contributed by atoms with Crippen molar-refractivity contribution in [3.63, 3.8) is 0 Å². The number of ether oxygens (including phenoxy) is 2. The molecule has 0 aliphatic heterocycles. The standard InChI is InChI=1S/C24H24N2O5/c1-4-30-21-13-9-8-12-19(21)25-23(28)22(17-10-6-5-7-11-17)31-24(29)20-14-18(16(2)27)15-26(20)3/h5-15,22H,4H2,1-3H3,(H,25,28)/t22-/m0/s1. The van der Waals surface area contributed by atoms with Crippen molar-refractivity contribution >= 4 is 23.3 Å². The minimum absolute atomic E-state index is 0.167. The number of aryl methyl sites for hydroxylation is 1. The quantitative estimate of drug-likeness (QED) is 0.437. The van der Waals surface area contributed by atoms with E-state index in [-0.39, 0.29) is 11.5 Å². The number of nitrogens with one attached hydrogen (secondary N) is 1. The Labute approximate surface area is 180 Å². The molecule has 3 rings (SSSR count). The molecule has 1 amide bonds. The van der Waals surface area contributed by atoms with Crippen LogP contribution in [-0.4, -0.2) is 28.8 Å². The van der Waals surface area contributed by atoms with E-state index in [4.69, 9.17) is 9.47 Å². The van der Waals surface area contributed by atoms with E-state index in [0.29, 0.717) is 29.2 Å². The molecule has 0 aliphatic rings. The third-order valence-electron chi connectivity index (χ3n) is 4.63. The Kier molecular flexibility index (Phi) is 6.87. The lowest BCUT2D eigenvalue weighted by molar-refractivity contribution is -0.125. The Balaban J connectivity index is 1.88. The molecule has 1 atom stereocenters. The van der Waals surface area contributed by atoms with E-state index >= 15 is 0 Å². The predicted octanol–water partition coefficient (Wildman–Crippen LogP) is 4.16. The zero-order valence-electron chi connectivity index (χ0n) is 17.6. The fraction of sp³-hybridized carbons (Fsp3) is 0.208. The Bertz CT molecular complexity index is 1090. The van der Waals surface area contributed by atoms with E-state index < -0.39 is 18.0 Å². The van der Waals surface area contributed by atoms with Gasteiger partial charge in [-0.1, -0.05) is 42.5 Å². The minimum atomic E-state index is -1.20. The molecule has 0 saturated heterocycles. The number of benzene rings is 2. The summed E-state index contributed by atoms with van der Waals surface area (Å²) in [7, 11) is 1.64. The van der Waals surface area contributed by atoms with Crippen molar-refractivity contribution in [1.29, 1.82) is 0 Å². The van der Waals surface area contributed by atoms with Gasteiger partial charge in [0.2, 0.25) is 6.10 Å². The van der Waals surface area contributed by atoms with Crippen molar-refractivity contribution < 1.29 is 23.9 Å². The van der Waals surface area contributed by atoms with Crippen LogP contribution < -0.4 is 10.1 Å². The third kappa shape index (κ3) is 5.19. The predicted molar refractivity (Wildman–Crippen MR) is 116 cm³/mol. The maximum absolute atomic E-state index is 13.1. The molecular weight excluding hydrogens is 396 g/mol. The number of carbonyl (C=O) groups is 3. The Morgan fingerprint density at radius 2 is 1.71 bits per heavy atom. The number of Topliss-reactive ketones (excluding diaryl/α,β-unsaturated/α-hetero) is 1. The number of amides is 1. The molecule has 2 aromatic carbocycles. The van der Waals surface area contributed by atoms with Gasteiger partial charge in [0.05, 0.1) is 12.3 Å². The van der Waals surface area contributed by atoms with E-state index in [1.165, 1.54) is 17.6 Å². The first kappa shape index (κ1) is 21.8. The number of nitrogens with zero attached hydrogens (tertiary/aromatic N) is 1. The molecule has 0 aliphatic carbocycles. The summed E-state index contributed by atoms with van der Waals surface area (Å²) in [5.41, 5.74) is 1.56. The first-order valence-electron chi connectivity index (χ1n) is 9.86. The maximum Gasteiger partial charge on any atom is 0.356 e. The van der Waals surface area contributed by atoms with Crippen LogP contribution in [0.5, 0.6) is 5.75 Å². The summed E-state index contributed by atoms with van der Waals surface area (Å²) in [6.45, 7) is 3.71. The highest BCUT2D eigenvalue weighted by atomic mass is 16.5. The molecule has 0 fully saturated rings. The molecule has 0 radical (unpaired) electrons. The van der Waals surface area contributed by atoms with Crippen LogP contribution in [0, 0.1) is 0 Å². The van der Waals surface area contributed by atoms with Gasteiger partial charge < -0.3 is 19.4 Å². The number of para-hydroxylation sites is 2. The number of aromatic nitrogens is 1. The summed E-state index contributed by atoms with van der Waals surface area (Å²) in [5.74, 6) is -0.880. The van der Waals surface area contributed by atoms with E-state index in [1.54, 1.807) is 67.8 Å². The van der Waals surface area contributed by atoms with E-state index in [9.17, 15) is 14.4 Å². The monoisotopic (exact) mass is 420 g/mol. The van der Waals surface area contributed by atoms with Crippen LogP contribution in [0.1, 0.15) is 46.4 Å². The molecular formula is C24H24N2O5. The highest BCUT2D eigenvalue weighted by molar-refractivity contribution is 6.00. The van der Waals surface area contributed by atoms with Crippen molar-refractivity contribution in [1.82, 2.24) is 4.57 Å². The Morgan fingerprint density at radius 1 is 1.03 bits per heavy atom. The maximum atomic E-state index is 13.1. The number of rotatable bonds is 8. The molecule has 0 bridgehead atoms. The molecule has 7 heteroatoms. The number of carbonyl (C=O) groups excluding carboxylic acids is 3. The van der Waals surface area contributed by atoms with Crippen LogP contribution in [0.3, 0.4) is 0 Å². The topological polar surface area (TPSA) is 86.6 Å². The van der Waals surface area contributed by atoms with Gasteiger partial charge in [-0.3, -0.25) is 9.59 Å². The number of hydrogen-bond donors (Lipinski definition) is 1. The number of anilines is 1. The molecule has 0 spiro atoms. The van der Waals surface area contributed by atoms with Crippen LogP contribution >= 0.6 is 0 Å². The van der Waals surface area contributed by atoms with Gasteiger partial charge in [-0.15, -0.1) is 0 Å². The first-order chi connectivity index (χ1) is 14.9. The number of hydrogen-bond acceptors (Lipinski definition) is 5. The molecule has 3 aromatic rings. The molecule has 0 unspecified atom stereocenters. The van der Waals surface area contributed by atoms with Gasteiger partial charge in [0.15, 0.2) is 5.78 Å². The summed E-state index contributed by atoms with van der Waals surface area (Å²) in [5, 5.41) is 2.79. The van der Waals surface area contributed by atoms with E-state index in [1.807, 2.05) is 6.92 Å². The molecule has 1 aromatic heterocycles. The van der Waals surface area contributed by atoms with Crippen LogP contribution in [0.25, 0.3) is 0 Å². The third-order valence-corrected chi connectivity index (χ3v) is 4.63. The van der Waals surface area contributed by atoms with Crippen molar-refractivity contribution in [2.45, 2.75) is 20.0 Å². The fourth-order valence-electron chi connectivity index (χ4n) is 3.08. The van der Waals surface area contributed by atoms with E-state index in [0.717, 1.165) is 0 Å². The molecule has 0 saturated carbocycles. The van der Waals surface area contributed by atoms with Crippen molar-refractivity contribution in [2.24, 2.45) is 7.05 Å². The van der Waals surface area contributed by atoms with Gasteiger partial charge in [0.25, 0.3) is 5.91 Å². The lowest BCUT2D eigenvalue weighted by Crippen LogP contribution is -2.26. The van der Waals surface area contributed by atoms with Crippen LogP contribution in [0.4, 0.5) is 5.69 Å². The zero-order valence-corrected chi connectivity index (χ0v) is 17.6. The lowest BCUT2D eigenvalue weighted by Gasteiger charge is -2.19.